The Hall–Kier alpha value is -1.23. The molecule has 1 aliphatic carbocycles. The number of benzene rings is 1. The molecule has 1 fully saturated rings. The summed E-state index contributed by atoms with van der Waals surface area (Å²) in [4.78, 5) is 11.4. The number of halogens is 1. The summed E-state index contributed by atoms with van der Waals surface area (Å²) >= 11 is 3.41. The molecule has 2 rings (SSSR count). The summed E-state index contributed by atoms with van der Waals surface area (Å²) in [6.45, 7) is 0.515. The summed E-state index contributed by atoms with van der Waals surface area (Å²) in [5, 5.41) is 5.70. The van der Waals surface area contributed by atoms with E-state index in [9.17, 15) is 4.79 Å². The minimum absolute atomic E-state index is 0.0977. The van der Waals surface area contributed by atoms with E-state index in [0.717, 1.165) is 28.6 Å². The van der Waals surface area contributed by atoms with E-state index in [0.29, 0.717) is 12.6 Å². The van der Waals surface area contributed by atoms with Gasteiger partial charge in [-0.05, 0) is 46.5 Å². The first-order valence-corrected chi connectivity index (χ1v) is 6.35. The molecule has 92 valence electrons. The smallest absolute Gasteiger partial charge is 0.315 e. The van der Waals surface area contributed by atoms with Crippen molar-refractivity contribution in [3.63, 3.8) is 0 Å². The summed E-state index contributed by atoms with van der Waals surface area (Å²) in [5.41, 5.74) is 1.03. The van der Waals surface area contributed by atoms with Crippen molar-refractivity contribution >= 4 is 22.0 Å². The zero-order valence-electron chi connectivity index (χ0n) is 9.63. The van der Waals surface area contributed by atoms with Gasteiger partial charge in [0.05, 0.1) is 11.6 Å². The highest BCUT2D eigenvalue weighted by Gasteiger charge is 2.22. The number of carbonyl (C=O) groups excluding carboxylic acids is 1. The van der Waals surface area contributed by atoms with Gasteiger partial charge in [0.25, 0.3) is 0 Å². The highest BCUT2D eigenvalue weighted by atomic mass is 79.9. The molecule has 0 spiro atoms. The van der Waals surface area contributed by atoms with E-state index in [-0.39, 0.29) is 6.03 Å². The van der Waals surface area contributed by atoms with Crippen molar-refractivity contribution in [1.29, 1.82) is 0 Å². The van der Waals surface area contributed by atoms with Gasteiger partial charge in [-0.1, -0.05) is 6.07 Å². The third-order valence-electron chi connectivity index (χ3n) is 2.58. The molecular weight excluding hydrogens is 284 g/mol. The van der Waals surface area contributed by atoms with Gasteiger partial charge < -0.3 is 15.4 Å². The molecule has 1 saturated carbocycles. The van der Waals surface area contributed by atoms with Crippen LogP contribution in [0.3, 0.4) is 0 Å². The van der Waals surface area contributed by atoms with Gasteiger partial charge in [0.15, 0.2) is 0 Å². The van der Waals surface area contributed by atoms with Gasteiger partial charge in [0, 0.05) is 12.6 Å². The largest absolute Gasteiger partial charge is 0.496 e. The predicted octanol–water partition coefficient (Wildman–Crippen LogP) is 2.42. The Kier molecular flexibility index (Phi) is 3.89. The first kappa shape index (κ1) is 12.2. The Balaban J connectivity index is 1.85. The standard InChI is InChI=1S/C12H15BrN2O2/c1-17-11-5-2-8(6-10(11)13)7-14-12(16)15-9-3-4-9/h2,5-6,9H,3-4,7H2,1H3,(H2,14,15,16). The highest BCUT2D eigenvalue weighted by Crippen LogP contribution is 2.25. The maximum Gasteiger partial charge on any atom is 0.315 e. The molecule has 0 atom stereocenters. The van der Waals surface area contributed by atoms with E-state index in [2.05, 4.69) is 26.6 Å². The van der Waals surface area contributed by atoms with Crippen LogP contribution in [0.4, 0.5) is 4.79 Å². The summed E-state index contributed by atoms with van der Waals surface area (Å²) < 4.78 is 6.03. The summed E-state index contributed by atoms with van der Waals surface area (Å²) in [5.74, 6) is 0.788. The number of rotatable bonds is 4. The number of amides is 2. The quantitative estimate of drug-likeness (QED) is 0.897. The van der Waals surface area contributed by atoms with Gasteiger partial charge in [-0.15, -0.1) is 0 Å². The summed E-state index contributed by atoms with van der Waals surface area (Å²) in [7, 11) is 1.63. The number of hydrogen-bond acceptors (Lipinski definition) is 2. The van der Waals surface area contributed by atoms with Crippen LogP contribution in [-0.4, -0.2) is 19.2 Å². The monoisotopic (exact) mass is 298 g/mol. The SMILES string of the molecule is COc1ccc(CNC(=O)NC2CC2)cc1Br. The minimum atomic E-state index is -0.0977. The lowest BCUT2D eigenvalue weighted by Crippen LogP contribution is -2.36. The van der Waals surface area contributed by atoms with Crippen molar-refractivity contribution in [3.8, 4) is 5.75 Å². The van der Waals surface area contributed by atoms with E-state index in [4.69, 9.17) is 4.74 Å². The Morgan fingerprint density at radius 1 is 1.53 bits per heavy atom. The molecular formula is C12H15BrN2O2. The number of methoxy groups -OCH3 is 1. The molecule has 1 aromatic carbocycles. The summed E-state index contributed by atoms with van der Waals surface area (Å²) in [6, 6.07) is 6.04. The topological polar surface area (TPSA) is 50.4 Å². The van der Waals surface area contributed by atoms with Crippen molar-refractivity contribution in [2.75, 3.05) is 7.11 Å². The maximum absolute atomic E-state index is 11.4. The number of carbonyl (C=O) groups is 1. The van der Waals surface area contributed by atoms with Crippen molar-refractivity contribution in [3.05, 3.63) is 28.2 Å². The van der Waals surface area contributed by atoms with Crippen LogP contribution >= 0.6 is 15.9 Å². The van der Waals surface area contributed by atoms with Gasteiger partial charge in [0.2, 0.25) is 0 Å². The Morgan fingerprint density at radius 3 is 2.88 bits per heavy atom. The van der Waals surface area contributed by atoms with Crippen LogP contribution in [0, 0.1) is 0 Å². The second-order valence-electron chi connectivity index (χ2n) is 4.07. The predicted molar refractivity (Wildman–Crippen MR) is 69.1 cm³/mol. The first-order valence-electron chi connectivity index (χ1n) is 5.56. The molecule has 0 aromatic heterocycles. The van der Waals surface area contributed by atoms with E-state index in [1.54, 1.807) is 7.11 Å². The Labute approximate surface area is 109 Å². The molecule has 2 N–H and O–H groups in total. The highest BCUT2D eigenvalue weighted by molar-refractivity contribution is 9.10. The molecule has 0 unspecified atom stereocenters. The number of urea groups is 1. The zero-order valence-corrected chi connectivity index (χ0v) is 11.2. The average molecular weight is 299 g/mol. The van der Waals surface area contributed by atoms with Crippen LogP contribution in [0.1, 0.15) is 18.4 Å². The van der Waals surface area contributed by atoms with Gasteiger partial charge in [-0.3, -0.25) is 0 Å². The van der Waals surface area contributed by atoms with E-state index in [1.165, 1.54) is 0 Å². The van der Waals surface area contributed by atoms with Crippen molar-refractivity contribution in [2.24, 2.45) is 0 Å². The molecule has 2 amide bonds. The normalized spacial score (nSPS) is 14.2. The molecule has 1 aromatic rings. The van der Waals surface area contributed by atoms with Gasteiger partial charge in [0.1, 0.15) is 5.75 Å². The van der Waals surface area contributed by atoms with Gasteiger partial charge in [-0.25, -0.2) is 4.79 Å². The number of ether oxygens (including phenoxy) is 1. The van der Waals surface area contributed by atoms with Gasteiger partial charge in [-0.2, -0.15) is 0 Å². The maximum atomic E-state index is 11.4. The molecule has 4 nitrogen and oxygen atoms in total. The third kappa shape index (κ3) is 3.63. The first-order chi connectivity index (χ1) is 8.19. The second-order valence-corrected chi connectivity index (χ2v) is 4.92. The van der Waals surface area contributed by atoms with Crippen molar-refractivity contribution < 1.29 is 9.53 Å². The van der Waals surface area contributed by atoms with Crippen LogP contribution in [0.15, 0.2) is 22.7 Å². The third-order valence-corrected chi connectivity index (χ3v) is 3.20. The van der Waals surface area contributed by atoms with Crippen LogP contribution < -0.4 is 15.4 Å². The van der Waals surface area contributed by atoms with Crippen LogP contribution in [0.2, 0.25) is 0 Å². The van der Waals surface area contributed by atoms with Crippen LogP contribution in [0.25, 0.3) is 0 Å². The van der Waals surface area contributed by atoms with E-state index < -0.39 is 0 Å². The lowest BCUT2D eigenvalue weighted by molar-refractivity contribution is 0.240. The molecule has 0 radical (unpaired) electrons. The zero-order chi connectivity index (χ0) is 12.3. The van der Waals surface area contributed by atoms with E-state index >= 15 is 0 Å². The van der Waals surface area contributed by atoms with Crippen LogP contribution in [0.5, 0.6) is 5.75 Å². The molecule has 17 heavy (non-hydrogen) atoms. The lowest BCUT2D eigenvalue weighted by atomic mass is 10.2. The fourth-order valence-corrected chi connectivity index (χ4v) is 2.05. The molecule has 0 aliphatic heterocycles. The van der Waals surface area contributed by atoms with E-state index in [1.807, 2.05) is 18.2 Å². The number of nitrogens with one attached hydrogen (secondary N) is 2. The molecule has 1 aliphatic rings. The molecule has 0 heterocycles. The second kappa shape index (κ2) is 5.40. The van der Waals surface area contributed by atoms with Crippen LogP contribution in [-0.2, 0) is 6.54 Å². The fourth-order valence-electron chi connectivity index (χ4n) is 1.47. The number of hydrogen-bond donors (Lipinski definition) is 2. The average Bonchev–Trinajstić information content (AvgIpc) is 3.10. The van der Waals surface area contributed by atoms with Crippen molar-refractivity contribution in [2.45, 2.75) is 25.4 Å². The van der Waals surface area contributed by atoms with Crippen molar-refractivity contribution in [1.82, 2.24) is 10.6 Å². The minimum Gasteiger partial charge on any atom is -0.496 e. The van der Waals surface area contributed by atoms with Gasteiger partial charge >= 0.3 is 6.03 Å². The molecule has 5 heteroatoms. The fraction of sp³-hybridized carbons (Fsp3) is 0.417. The summed E-state index contributed by atoms with van der Waals surface area (Å²) in [6.07, 6.45) is 2.20. The Morgan fingerprint density at radius 2 is 2.29 bits per heavy atom. The Bertz CT molecular complexity index is 419. The molecule has 0 bridgehead atoms. The molecule has 0 saturated heterocycles. The lowest BCUT2D eigenvalue weighted by Gasteiger charge is -2.08.